The van der Waals surface area contributed by atoms with E-state index in [0.29, 0.717) is 0 Å². The van der Waals surface area contributed by atoms with Crippen LogP contribution >= 0.6 is 11.8 Å². The Morgan fingerprint density at radius 1 is 1.53 bits per heavy atom. The third kappa shape index (κ3) is 3.81. The van der Waals surface area contributed by atoms with Crippen molar-refractivity contribution in [3.8, 4) is 0 Å². The Kier molecular flexibility index (Phi) is 4.45. The molecule has 5 N–H and O–H groups in total. The van der Waals surface area contributed by atoms with Gasteiger partial charge in [-0.15, -0.1) is 11.8 Å². The summed E-state index contributed by atoms with van der Waals surface area (Å²) in [5.41, 5.74) is 12.9. The highest BCUT2D eigenvalue weighted by molar-refractivity contribution is 7.98. The van der Waals surface area contributed by atoms with E-state index in [1.807, 2.05) is 31.4 Å². The van der Waals surface area contributed by atoms with Gasteiger partial charge >= 0.3 is 0 Å². The molecule has 0 aromatic heterocycles. The molecule has 1 atom stereocenters. The van der Waals surface area contributed by atoms with Crippen molar-refractivity contribution in [3.63, 3.8) is 0 Å². The third-order valence-corrected chi connectivity index (χ3v) is 2.53. The van der Waals surface area contributed by atoms with Gasteiger partial charge in [0, 0.05) is 10.6 Å². The summed E-state index contributed by atoms with van der Waals surface area (Å²) in [6.45, 7) is 1.82. The monoisotopic (exact) mass is 224 g/mol. The van der Waals surface area contributed by atoms with Crippen LogP contribution < -0.4 is 16.8 Å². The summed E-state index contributed by atoms with van der Waals surface area (Å²) in [6.07, 6.45) is 3.42. The van der Waals surface area contributed by atoms with Gasteiger partial charge in [0.2, 0.25) is 0 Å². The van der Waals surface area contributed by atoms with Crippen molar-refractivity contribution in [2.24, 2.45) is 10.7 Å². The van der Waals surface area contributed by atoms with Crippen molar-refractivity contribution < 1.29 is 0 Å². The molecule has 0 heterocycles. The molecule has 1 aromatic rings. The van der Waals surface area contributed by atoms with Crippen molar-refractivity contribution in [2.45, 2.75) is 18.0 Å². The second-order valence-electron chi connectivity index (χ2n) is 3.12. The first-order valence-corrected chi connectivity index (χ1v) is 5.83. The number of nitrogens with zero attached hydrogens (tertiary/aromatic N) is 1. The number of benzene rings is 1. The zero-order chi connectivity index (χ0) is 11.3. The predicted molar refractivity (Wildman–Crippen MR) is 68.4 cm³/mol. The standard InChI is InChI=1S/C10H16N4S/c1-7(11)13-6-14-9-4-3-8(12)5-10(9)15-2/h3-7H,11-12H2,1-2H3,(H,13,14). The number of hydrogen-bond donors (Lipinski definition) is 3. The summed E-state index contributed by atoms with van der Waals surface area (Å²) in [5, 5.41) is 3.07. The lowest BCUT2D eigenvalue weighted by Gasteiger charge is -2.07. The summed E-state index contributed by atoms with van der Waals surface area (Å²) in [4.78, 5) is 5.11. The molecule has 0 saturated carbocycles. The van der Waals surface area contributed by atoms with E-state index >= 15 is 0 Å². The topological polar surface area (TPSA) is 76.4 Å². The quantitative estimate of drug-likeness (QED) is 0.315. The molecule has 5 heteroatoms. The number of anilines is 2. The van der Waals surface area contributed by atoms with Gasteiger partial charge in [-0.1, -0.05) is 0 Å². The number of aliphatic imine (C=N–C) groups is 1. The normalized spacial score (nSPS) is 13.0. The molecule has 82 valence electrons. The Bertz CT molecular complexity index is 349. The lowest BCUT2D eigenvalue weighted by molar-refractivity contribution is 0.796. The van der Waals surface area contributed by atoms with E-state index in [1.54, 1.807) is 18.1 Å². The van der Waals surface area contributed by atoms with Crippen molar-refractivity contribution in [2.75, 3.05) is 17.3 Å². The van der Waals surface area contributed by atoms with Gasteiger partial charge in [-0.05, 0) is 31.4 Å². The van der Waals surface area contributed by atoms with Crippen LogP contribution in [-0.2, 0) is 0 Å². The molecule has 1 aromatic carbocycles. The minimum atomic E-state index is -0.191. The first-order chi connectivity index (χ1) is 7.13. The van der Waals surface area contributed by atoms with Gasteiger partial charge in [0.1, 0.15) is 0 Å². The average molecular weight is 224 g/mol. The zero-order valence-corrected chi connectivity index (χ0v) is 9.71. The Labute approximate surface area is 94.1 Å². The molecule has 1 unspecified atom stereocenters. The van der Waals surface area contributed by atoms with E-state index in [0.717, 1.165) is 16.3 Å². The van der Waals surface area contributed by atoms with Crippen LogP contribution in [0.2, 0.25) is 0 Å². The molecule has 0 spiro atoms. The van der Waals surface area contributed by atoms with E-state index < -0.39 is 0 Å². The fraction of sp³-hybridized carbons (Fsp3) is 0.300. The van der Waals surface area contributed by atoms with Crippen molar-refractivity contribution in [1.29, 1.82) is 0 Å². The molecule has 0 aliphatic heterocycles. The molecule has 4 nitrogen and oxygen atoms in total. The molecule has 0 bridgehead atoms. The number of thioether (sulfide) groups is 1. The van der Waals surface area contributed by atoms with Crippen LogP contribution in [0, 0.1) is 0 Å². The Morgan fingerprint density at radius 2 is 2.27 bits per heavy atom. The maximum absolute atomic E-state index is 5.69. The maximum Gasteiger partial charge on any atom is 0.0958 e. The summed E-state index contributed by atoms with van der Waals surface area (Å²) < 4.78 is 0. The first kappa shape index (κ1) is 11.9. The van der Waals surface area contributed by atoms with E-state index in [2.05, 4.69) is 10.3 Å². The van der Waals surface area contributed by atoms with E-state index in [1.165, 1.54) is 0 Å². The zero-order valence-electron chi connectivity index (χ0n) is 8.90. The van der Waals surface area contributed by atoms with Gasteiger partial charge in [0.25, 0.3) is 0 Å². The fourth-order valence-corrected chi connectivity index (χ4v) is 1.65. The lowest BCUT2D eigenvalue weighted by Crippen LogP contribution is -2.12. The smallest absolute Gasteiger partial charge is 0.0958 e. The molecular weight excluding hydrogens is 208 g/mol. The molecule has 0 amide bonds. The number of rotatable bonds is 4. The number of nitrogens with one attached hydrogen (secondary N) is 1. The number of nitrogens with two attached hydrogens (primary N) is 2. The average Bonchev–Trinajstić information content (AvgIpc) is 2.19. The minimum Gasteiger partial charge on any atom is -0.399 e. The van der Waals surface area contributed by atoms with Gasteiger partial charge in [-0.25, -0.2) is 0 Å². The molecule has 0 aliphatic carbocycles. The summed E-state index contributed by atoms with van der Waals surface area (Å²) in [6, 6.07) is 5.70. The highest BCUT2D eigenvalue weighted by atomic mass is 32.2. The second-order valence-corrected chi connectivity index (χ2v) is 3.97. The Morgan fingerprint density at radius 3 is 2.87 bits per heavy atom. The largest absolute Gasteiger partial charge is 0.399 e. The van der Waals surface area contributed by atoms with Crippen LogP contribution in [0.1, 0.15) is 6.92 Å². The van der Waals surface area contributed by atoms with Gasteiger partial charge in [-0.2, -0.15) is 0 Å². The van der Waals surface area contributed by atoms with Crippen LogP contribution in [0.15, 0.2) is 28.1 Å². The van der Waals surface area contributed by atoms with Crippen LogP contribution in [0.25, 0.3) is 0 Å². The van der Waals surface area contributed by atoms with Crippen LogP contribution in [0.5, 0.6) is 0 Å². The van der Waals surface area contributed by atoms with E-state index in [4.69, 9.17) is 11.5 Å². The van der Waals surface area contributed by atoms with E-state index in [-0.39, 0.29) is 6.17 Å². The molecule has 0 aliphatic rings. The summed E-state index contributed by atoms with van der Waals surface area (Å²) in [5.74, 6) is 0. The second kappa shape index (κ2) is 5.63. The van der Waals surface area contributed by atoms with E-state index in [9.17, 15) is 0 Å². The molecule has 1 rings (SSSR count). The summed E-state index contributed by atoms with van der Waals surface area (Å²) in [7, 11) is 0. The minimum absolute atomic E-state index is 0.191. The van der Waals surface area contributed by atoms with Crippen molar-refractivity contribution in [3.05, 3.63) is 18.2 Å². The molecular formula is C10H16N4S. The third-order valence-electron chi connectivity index (χ3n) is 1.76. The number of nitrogen functional groups attached to an aromatic ring is 1. The lowest BCUT2D eigenvalue weighted by atomic mass is 10.3. The highest BCUT2D eigenvalue weighted by Crippen LogP contribution is 2.26. The fourth-order valence-electron chi connectivity index (χ4n) is 1.05. The highest BCUT2D eigenvalue weighted by Gasteiger charge is 1.99. The number of hydrogen-bond acceptors (Lipinski definition) is 4. The van der Waals surface area contributed by atoms with Gasteiger partial charge in [-0.3, -0.25) is 4.99 Å². The van der Waals surface area contributed by atoms with Crippen molar-refractivity contribution in [1.82, 2.24) is 0 Å². The molecule has 0 radical (unpaired) electrons. The van der Waals surface area contributed by atoms with Gasteiger partial charge in [0.05, 0.1) is 18.2 Å². The first-order valence-electron chi connectivity index (χ1n) is 4.60. The predicted octanol–water partition coefficient (Wildman–Crippen LogP) is 1.74. The maximum atomic E-state index is 5.69. The Hall–Kier alpha value is -1.20. The molecule has 15 heavy (non-hydrogen) atoms. The van der Waals surface area contributed by atoms with Crippen LogP contribution in [0.3, 0.4) is 0 Å². The SMILES string of the molecule is CSc1cc(N)ccc1NC=NC(C)N. The van der Waals surface area contributed by atoms with Gasteiger partial charge in [0.15, 0.2) is 0 Å². The molecule has 0 saturated heterocycles. The Balaban J connectivity index is 2.76. The van der Waals surface area contributed by atoms with Crippen LogP contribution in [-0.4, -0.2) is 18.8 Å². The summed E-state index contributed by atoms with van der Waals surface area (Å²) >= 11 is 1.63. The van der Waals surface area contributed by atoms with Crippen LogP contribution in [0.4, 0.5) is 11.4 Å². The van der Waals surface area contributed by atoms with Crippen molar-refractivity contribution >= 4 is 29.5 Å². The molecule has 0 fully saturated rings. The van der Waals surface area contributed by atoms with Gasteiger partial charge < -0.3 is 16.8 Å².